The van der Waals surface area contributed by atoms with Crippen LogP contribution in [-0.4, -0.2) is 4.57 Å². The van der Waals surface area contributed by atoms with E-state index in [0.717, 1.165) is 27.4 Å². The van der Waals surface area contributed by atoms with Crippen molar-refractivity contribution in [1.29, 1.82) is 0 Å². The van der Waals surface area contributed by atoms with E-state index >= 15 is 0 Å². The average Bonchev–Trinajstić information content (AvgIpc) is 2.50. The highest BCUT2D eigenvalue weighted by atomic mass is 79.9. The van der Waals surface area contributed by atoms with Crippen LogP contribution in [0.25, 0.3) is 10.9 Å². The Labute approximate surface area is 90.7 Å². The van der Waals surface area contributed by atoms with Crippen LogP contribution >= 0.6 is 15.9 Å². The van der Waals surface area contributed by atoms with Gasteiger partial charge in [0.25, 0.3) is 0 Å². The van der Waals surface area contributed by atoms with Gasteiger partial charge in [-0.15, -0.1) is 0 Å². The van der Waals surface area contributed by atoms with Crippen LogP contribution in [0.2, 0.25) is 0 Å². The molecular weight excluding hydrogens is 245 g/mol. The lowest BCUT2D eigenvalue weighted by Crippen LogP contribution is -1.86. The predicted octanol–water partition coefficient (Wildman–Crippen LogP) is 3.64. The smallest absolute Gasteiger partial charge is 0.132 e. The molecule has 1 aromatic carbocycles. The number of halogens is 2. The third kappa shape index (κ3) is 1.27. The highest BCUT2D eigenvalue weighted by Crippen LogP contribution is 2.30. The Morgan fingerprint density at radius 3 is 2.79 bits per heavy atom. The second-order valence-electron chi connectivity index (χ2n) is 3.37. The minimum absolute atomic E-state index is 0.138. The monoisotopic (exact) mass is 255 g/mol. The first-order valence-corrected chi connectivity index (χ1v) is 5.36. The van der Waals surface area contributed by atoms with Crippen molar-refractivity contribution in [2.45, 2.75) is 13.3 Å². The molecule has 0 unspecified atom stereocenters. The number of aromatic nitrogens is 1. The molecule has 1 aromatic heterocycles. The van der Waals surface area contributed by atoms with E-state index in [9.17, 15) is 4.39 Å². The van der Waals surface area contributed by atoms with E-state index in [2.05, 4.69) is 15.9 Å². The average molecular weight is 256 g/mol. The van der Waals surface area contributed by atoms with E-state index in [4.69, 9.17) is 0 Å². The van der Waals surface area contributed by atoms with Crippen molar-refractivity contribution in [2.24, 2.45) is 7.05 Å². The van der Waals surface area contributed by atoms with Gasteiger partial charge in [-0.3, -0.25) is 0 Å². The van der Waals surface area contributed by atoms with Crippen molar-refractivity contribution in [2.75, 3.05) is 0 Å². The molecule has 0 N–H and O–H groups in total. The Bertz CT molecular complexity index is 487. The molecule has 0 bridgehead atoms. The highest BCUT2D eigenvalue weighted by Gasteiger charge is 2.12. The molecule has 2 aromatic rings. The standard InChI is InChI=1S/C11H11BrFN/c1-3-7-6-14(2)11-8(12)4-5-9(13)10(7)11/h4-6H,3H2,1-2H3. The van der Waals surface area contributed by atoms with Crippen LogP contribution in [0.3, 0.4) is 0 Å². The Morgan fingerprint density at radius 1 is 1.43 bits per heavy atom. The fraction of sp³-hybridized carbons (Fsp3) is 0.273. The number of rotatable bonds is 1. The van der Waals surface area contributed by atoms with Gasteiger partial charge in [-0.2, -0.15) is 0 Å². The lowest BCUT2D eigenvalue weighted by molar-refractivity contribution is 0.639. The van der Waals surface area contributed by atoms with E-state index in [0.29, 0.717) is 0 Å². The maximum Gasteiger partial charge on any atom is 0.132 e. The van der Waals surface area contributed by atoms with E-state index in [1.165, 1.54) is 6.07 Å². The second kappa shape index (κ2) is 3.39. The highest BCUT2D eigenvalue weighted by molar-refractivity contribution is 9.10. The number of benzene rings is 1. The van der Waals surface area contributed by atoms with Crippen molar-refractivity contribution in [3.63, 3.8) is 0 Å². The summed E-state index contributed by atoms with van der Waals surface area (Å²) in [7, 11) is 1.94. The molecule has 3 heteroatoms. The van der Waals surface area contributed by atoms with Crippen LogP contribution in [0.4, 0.5) is 4.39 Å². The summed E-state index contributed by atoms with van der Waals surface area (Å²) in [4.78, 5) is 0. The molecule has 0 amide bonds. The van der Waals surface area contributed by atoms with Gasteiger partial charge >= 0.3 is 0 Å². The molecule has 1 heterocycles. The fourth-order valence-corrected chi connectivity index (χ4v) is 2.43. The molecule has 0 spiro atoms. The molecule has 0 atom stereocenters. The molecule has 0 saturated carbocycles. The van der Waals surface area contributed by atoms with Gasteiger partial charge in [0.2, 0.25) is 0 Å². The maximum absolute atomic E-state index is 13.6. The number of hydrogen-bond donors (Lipinski definition) is 0. The quantitative estimate of drug-likeness (QED) is 0.734. The van der Waals surface area contributed by atoms with Crippen LogP contribution < -0.4 is 0 Å². The lowest BCUT2D eigenvalue weighted by atomic mass is 10.1. The van der Waals surface area contributed by atoms with Gasteiger partial charge in [0.05, 0.1) is 5.52 Å². The predicted molar refractivity (Wildman–Crippen MR) is 60.0 cm³/mol. The minimum atomic E-state index is -0.138. The van der Waals surface area contributed by atoms with Gasteiger partial charge in [0.15, 0.2) is 0 Å². The van der Waals surface area contributed by atoms with Gasteiger partial charge in [-0.1, -0.05) is 6.92 Å². The molecule has 1 nitrogen and oxygen atoms in total. The summed E-state index contributed by atoms with van der Waals surface area (Å²) >= 11 is 3.44. The zero-order chi connectivity index (χ0) is 10.3. The zero-order valence-corrected chi connectivity index (χ0v) is 9.73. The van der Waals surface area contributed by atoms with E-state index in [1.54, 1.807) is 6.07 Å². The van der Waals surface area contributed by atoms with Gasteiger partial charge in [0, 0.05) is 23.1 Å². The van der Waals surface area contributed by atoms with E-state index in [1.807, 2.05) is 24.7 Å². The number of hydrogen-bond acceptors (Lipinski definition) is 0. The summed E-state index contributed by atoms with van der Waals surface area (Å²) in [5.74, 6) is -0.138. The first-order valence-electron chi connectivity index (χ1n) is 4.57. The summed E-state index contributed by atoms with van der Waals surface area (Å²) in [6.07, 6.45) is 2.84. The number of aryl methyl sites for hydroxylation is 2. The van der Waals surface area contributed by atoms with Crippen molar-refractivity contribution in [3.8, 4) is 0 Å². The third-order valence-electron chi connectivity index (χ3n) is 2.48. The molecule has 0 aliphatic heterocycles. The van der Waals surface area contributed by atoms with Gasteiger partial charge in [0.1, 0.15) is 5.82 Å². The molecule has 0 aliphatic rings. The van der Waals surface area contributed by atoms with E-state index in [-0.39, 0.29) is 5.82 Å². The van der Waals surface area contributed by atoms with Crippen molar-refractivity contribution in [3.05, 3.63) is 34.2 Å². The van der Waals surface area contributed by atoms with Crippen LogP contribution in [0.1, 0.15) is 12.5 Å². The second-order valence-corrected chi connectivity index (χ2v) is 4.23. The summed E-state index contributed by atoms with van der Waals surface area (Å²) < 4.78 is 16.5. The SMILES string of the molecule is CCc1cn(C)c2c(Br)ccc(F)c12. The van der Waals surface area contributed by atoms with Crippen molar-refractivity contribution in [1.82, 2.24) is 4.57 Å². The van der Waals surface area contributed by atoms with Crippen LogP contribution in [0, 0.1) is 5.82 Å². The molecule has 2 rings (SSSR count). The maximum atomic E-state index is 13.6. The Balaban J connectivity index is 2.94. The minimum Gasteiger partial charge on any atom is -0.349 e. The first-order chi connectivity index (χ1) is 6.65. The summed E-state index contributed by atoms with van der Waals surface area (Å²) in [5.41, 5.74) is 1.99. The Morgan fingerprint density at radius 2 is 2.14 bits per heavy atom. The summed E-state index contributed by atoms with van der Waals surface area (Å²) in [6, 6.07) is 3.25. The van der Waals surface area contributed by atoms with Crippen LogP contribution in [0.15, 0.2) is 22.8 Å². The normalized spacial score (nSPS) is 11.1. The Hall–Kier alpha value is -0.830. The topological polar surface area (TPSA) is 4.93 Å². The van der Waals surface area contributed by atoms with Crippen molar-refractivity contribution >= 4 is 26.8 Å². The molecular formula is C11H11BrFN. The molecule has 74 valence electrons. The molecule has 0 aliphatic carbocycles. The van der Waals surface area contributed by atoms with Gasteiger partial charge in [-0.05, 0) is 40.0 Å². The first kappa shape index (κ1) is 9.71. The van der Waals surface area contributed by atoms with E-state index < -0.39 is 0 Å². The zero-order valence-electron chi connectivity index (χ0n) is 8.14. The third-order valence-corrected chi connectivity index (χ3v) is 3.12. The number of nitrogens with zero attached hydrogens (tertiary/aromatic N) is 1. The Kier molecular flexibility index (Phi) is 2.35. The molecule has 0 fully saturated rings. The van der Waals surface area contributed by atoms with Gasteiger partial charge in [-0.25, -0.2) is 4.39 Å². The van der Waals surface area contributed by atoms with Crippen molar-refractivity contribution < 1.29 is 4.39 Å². The van der Waals surface area contributed by atoms with Gasteiger partial charge < -0.3 is 4.57 Å². The van der Waals surface area contributed by atoms with Crippen LogP contribution in [-0.2, 0) is 13.5 Å². The van der Waals surface area contributed by atoms with Crippen LogP contribution in [0.5, 0.6) is 0 Å². The molecule has 0 saturated heterocycles. The summed E-state index contributed by atoms with van der Waals surface area (Å²) in [6.45, 7) is 2.04. The number of fused-ring (bicyclic) bond motifs is 1. The molecule has 0 radical (unpaired) electrons. The largest absolute Gasteiger partial charge is 0.349 e. The fourth-order valence-electron chi connectivity index (χ4n) is 1.82. The molecule has 14 heavy (non-hydrogen) atoms. The lowest BCUT2D eigenvalue weighted by Gasteiger charge is -2.00. The summed E-state index contributed by atoms with van der Waals surface area (Å²) in [5, 5.41) is 0.740.